The third-order valence-electron chi connectivity index (χ3n) is 6.14. The highest BCUT2D eigenvalue weighted by Crippen LogP contribution is 2.33. The van der Waals surface area contributed by atoms with Gasteiger partial charge in [0.05, 0.1) is 28.8 Å². The number of ketones is 1. The zero-order valence-corrected chi connectivity index (χ0v) is 21.4. The molecule has 1 unspecified atom stereocenters. The minimum Gasteiger partial charge on any atom is -0.497 e. The lowest BCUT2D eigenvalue weighted by Crippen LogP contribution is -2.16. The maximum Gasteiger partial charge on any atom is 0.416 e. The van der Waals surface area contributed by atoms with E-state index in [1.807, 2.05) is 30.3 Å². The number of alkyl halides is 3. The van der Waals surface area contributed by atoms with Crippen LogP contribution in [0.2, 0.25) is 10.0 Å². The van der Waals surface area contributed by atoms with Gasteiger partial charge in [-0.15, -0.1) is 0 Å². The van der Waals surface area contributed by atoms with Gasteiger partial charge in [0.1, 0.15) is 11.5 Å². The van der Waals surface area contributed by atoms with E-state index < -0.39 is 17.8 Å². The number of hydrogen-bond donors (Lipinski definition) is 1. The SMILES string of the molecule is COc1ccc2cc(CCC(=O)CC(Nc3ccc(C(F)(F)F)cc3)c3ccc(Cl)c(Cl)c3)ccc2c1. The Hall–Kier alpha value is -3.22. The normalized spacial score (nSPS) is 12.4. The first-order valence-corrected chi connectivity index (χ1v) is 12.3. The fourth-order valence-corrected chi connectivity index (χ4v) is 4.41. The van der Waals surface area contributed by atoms with Crippen LogP contribution in [0.5, 0.6) is 5.75 Å². The number of carbonyl (C=O) groups is 1. The molecule has 0 spiro atoms. The van der Waals surface area contributed by atoms with Gasteiger partial charge >= 0.3 is 6.18 Å². The van der Waals surface area contributed by atoms with Gasteiger partial charge in [0, 0.05) is 18.5 Å². The summed E-state index contributed by atoms with van der Waals surface area (Å²) in [5, 5.41) is 6.00. The van der Waals surface area contributed by atoms with Gasteiger partial charge in [-0.05, 0) is 76.9 Å². The molecule has 0 saturated carbocycles. The van der Waals surface area contributed by atoms with Gasteiger partial charge in [-0.25, -0.2) is 0 Å². The number of fused-ring (bicyclic) bond motifs is 1. The quantitative estimate of drug-likeness (QED) is 0.228. The van der Waals surface area contributed by atoms with Gasteiger partial charge in [-0.2, -0.15) is 13.2 Å². The van der Waals surface area contributed by atoms with E-state index in [4.69, 9.17) is 27.9 Å². The number of nitrogens with one attached hydrogen (secondary N) is 1. The van der Waals surface area contributed by atoms with Crippen molar-refractivity contribution in [2.24, 2.45) is 0 Å². The average Bonchev–Trinajstić information content (AvgIpc) is 2.88. The molecular formula is C29H24Cl2F3NO2. The van der Waals surface area contributed by atoms with Crippen LogP contribution < -0.4 is 10.1 Å². The van der Waals surface area contributed by atoms with E-state index in [-0.39, 0.29) is 12.2 Å². The van der Waals surface area contributed by atoms with Gasteiger partial charge in [-0.3, -0.25) is 4.79 Å². The van der Waals surface area contributed by atoms with Gasteiger partial charge < -0.3 is 10.1 Å². The second-order valence-corrected chi connectivity index (χ2v) is 9.55. The van der Waals surface area contributed by atoms with Crippen molar-refractivity contribution in [3.63, 3.8) is 0 Å². The van der Waals surface area contributed by atoms with E-state index in [1.54, 1.807) is 25.3 Å². The second-order valence-electron chi connectivity index (χ2n) is 8.74. The lowest BCUT2D eigenvalue weighted by Gasteiger charge is -2.21. The van der Waals surface area contributed by atoms with E-state index in [0.29, 0.717) is 34.1 Å². The first-order valence-electron chi connectivity index (χ1n) is 11.6. The molecule has 0 radical (unpaired) electrons. The Morgan fingerprint density at radius 2 is 1.59 bits per heavy atom. The molecular weight excluding hydrogens is 522 g/mol. The van der Waals surface area contributed by atoms with Gasteiger partial charge in [0.2, 0.25) is 0 Å². The van der Waals surface area contributed by atoms with Crippen molar-refractivity contribution in [2.75, 3.05) is 12.4 Å². The molecule has 0 fully saturated rings. The van der Waals surface area contributed by atoms with Crippen LogP contribution in [-0.4, -0.2) is 12.9 Å². The van der Waals surface area contributed by atoms with Crippen molar-refractivity contribution in [3.8, 4) is 5.75 Å². The van der Waals surface area contributed by atoms with Crippen LogP contribution in [0.3, 0.4) is 0 Å². The molecule has 0 aliphatic heterocycles. The second kappa shape index (κ2) is 11.4. The molecule has 37 heavy (non-hydrogen) atoms. The van der Waals surface area contributed by atoms with Gasteiger partial charge in [0.15, 0.2) is 0 Å². The summed E-state index contributed by atoms with van der Waals surface area (Å²) in [5.41, 5.74) is 1.46. The molecule has 0 aliphatic carbocycles. The lowest BCUT2D eigenvalue weighted by molar-refractivity contribution is -0.137. The van der Waals surface area contributed by atoms with Crippen LogP contribution >= 0.6 is 23.2 Å². The van der Waals surface area contributed by atoms with Crippen molar-refractivity contribution < 1.29 is 22.7 Å². The first kappa shape index (κ1) is 26.8. The molecule has 0 aliphatic rings. The van der Waals surface area contributed by atoms with E-state index in [1.165, 1.54) is 12.1 Å². The molecule has 3 nitrogen and oxygen atoms in total. The summed E-state index contributed by atoms with van der Waals surface area (Å²) >= 11 is 12.3. The predicted octanol–water partition coefficient (Wildman–Crippen LogP) is 8.92. The molecule has 8 heteroatoms. The fraction of sp³-hybridized carbons (Fsp3) is 0.207. The zero-order valence-electron chi connectivity index (χ0n) is 19.9. The largest absolute Gasteiger partial charge is 0.497 e. The Labute approximate surface area is 223 Å². The third kappa shape index (κ3) is 6.96. The molecule has 0 bridgehead atoms. The Morgan fingerprint density at radius 3 is 2.27 bits per heavy atom. The molecule has 4 rings (SSSR count). The Bertz CT molecular complexity index is 1400. The number of benzene rings is 4. The Balaban J connectivity index is 1.48. The summed E-state index contributed by atoms with van der Waals surface area (Å²) < 4.78 is 44.1. The highest BCUT2D eigenvalue weighted by molar-refractivity contribution is 6.42. The third-order valence-corrected chi connectivity index (χ3v) is 6.87. The number of halogens is 5. The van der Waals surface area contributed by atoms with Crippen LogP contribution in [0, 0.1) is 0 Å². The monoisotopic (exact) mass is 545 g/mol. The van der Waals surface area contributed by atoms with Gasteiger partial charge in [-0.1, -0.05) is 53.5 Å². The molecule has 1 N–H and O–H groups in total. The summed E-state index contributed by atoms with van der Waals surface area (Å²) in [6, 6.07) is 21.1. The van der Waals surface area contributed by atoms with Crippen molar-refractivity contribution >= 4 is 45.4 Å². The number of ether oxygens (including phenoxy) is 1. The van der Waals surface area contributed by atoms with Crippen LogP contribution in [0.15, 0.2) is 78.9 Å². The minimum atomic E-state index is -4.42. The highest BCUT2D eigenvalue weighted by atomic mass is 35.5. The number of anilines is 1. The lowest BCUT2D eigenvalue weighted by atomic mass is 9.97. The summed E-state index contributed by atoms with van der Waals surface area (Å²) in [5.74, 6) is 0.787. The summed E-state index contributed by atoms with van der Waals surface area (Å²) in [4.78, 5) is 13.0. The highest BCUT2D eigenvalue weighted by Gasteiger charge is 2.30. The van der Waals surface area contributed by atoms with E-state index >= 15 is 0 Å². The summed E-state index contributed by atoms with van der Waals surface area (Å²) in [6.07, 6.45) is -3.42. The van der Waals surface area contributed by atoms with E-state index in [2.05, 4.69) is 11.4 Å². The number of carbonyl (C=O) groups excluding carboxylic acids is 1. The first-order chi connectivity index (χ1) is 17.6. The zero-order chi connectivity index (χ0) is 26.6. The van der Waals surface area contributed by atoms with Crippen molar-refractivity contribution in [3.05, 3.63) is 106 Å². The molecule has 192 valence electrons. The smallest absolute Gasteiger partial charge is 0.416 e. The minimum absolute atomic E-state index is 0.00492. The average molecular weight is 546 g/mol. The Kier molecular flexibility index (Phi) is 8.30. The Morgan fingerprint density at radius 1 is 0.892 bits per heavy atom. The standard InChI is InChI=1S/C29H24Cl2F3NO2/c1-37-25-12-5-19-14-18(2-4-20(19)15-25)3-11-24(36)17-28(21-6-13-26(30)27(31)16-21)35-23-9-7-22(8-10-23)29(32,33)34/h2,4-10,12-16,28,35H,3,11,17H2,1H3. The van der Waals surface area contributed by atoms with Crippen molar-refractivity contribution in [1.82, 2.24) is 0 Å². The maximum absolute atomic E-state index is 13.0. The maximum atomic E-state index is 13.0. The van der Waals surface area contributed by atoms with Crippen LogP contribution in [0.25, 0.3) is 10.8 Å². The molecule has 4 aromatic carbocycles. The van der Waals surface area contributed by atoms with E-state index in [0.717, 1.165) is 34.2 Å². The number of aryl methyl sites for hydroxylation is 1. The molecule has 0 aromatic heterocycles. The number of Topliss-reactive ketones (excluding diaryl/α,β-unsaturated/α-hetero) is 1. The predicted molar refractivity (Wildman–Crippen MR) is 143 cm³/mol. The summed E-state index contributed by atoms with van der Waals surface area (Å²) in [7, 11) is 1.62. The summed E-state index contributed by atoms with van der Waals surface area (Å²) in [6.45, 7) is 0. The van der Waals surface area contributed by atoms with Crippen molar-refractivity contribution in [1.29, 1.82) is 0 Å². The topological polar surface area (TPSA) is 38.3 Å². The molecule has 0 saturated heterocycles. The number of rotatable bonds is 9. The number of methoxy groups -OCH3 is 1. The van der Waals surface area contributed by atoms with Crippen molar-refractivity contribution in [2.45, 2.75) is 31.5 Å². The van der Waals surface area contributed by atoms with E-state index in [9.17, 15) is 18.0 Å². The molecule has 1 atom stereocenters. The van der Waals surface area contributed by atoms with Crippen LogP contribution in [-0.2, 0) is 17.4 Å². The molecule has 4 aromatic rings. The fourth-order valence-electron chi connectivity index (χ4n) is 4.11. The number of hydrogen-bond acceptors (Lipinski definition) is 3. The molecule has 0 amide bonds. The molecule has 0 heterocycles. The van der Waals surface area contributed by atoms with Crippen LogP contribution in [0.1, 0.15) is 35.6 Å². The van der Waals surface area contributed by atoms with Gasteiger partial charge in [0.25, 0.3) is 0 Å². The van der Waals surface area contributed by atoms with Crippen LogP contribution in [0.4, 0.5) is 18.9 Å².